The summed E-state index contributed by atoms with van der Waals surface area (Å²) < 4.78 is 2.26. The van der Waals surface area contributed by atoms with Gasteiger partial charge in [0, 0.05) is 38.6 Å². The molecule has 2 saturated heterocycles. The van der Waals surface area contributed by atoms with Crippen LogP contribution >= 0.6 is 0 Å². The van der Waals surface area contributed by atoms with Gasteiger partial charge in [-0.15, -0.1) is 0 Å². The zero-order valence-electron chi connectivity index (χ0n) is 16.8. The van der Waals surface area contributed by atoms with Gasteiger partial charge in [-0.1, -0.05) is 13.8 Å². The molecule has 0 saturated carbocycles. The average molecular weight is 361 g/mol. The average Bonchev–Trinajstić information content (AvgIpc) is 3.17. The van der Waals surface area contributed by atoms with Crippen molar-refractivity contribution in [3.63, 3.8) is 0 Å². The van der Waals surface area contributed by atoms with Gasteiger partial charge in [0.1, 0.15) is 0 Å². The summed E-state index contributed by atoms with van der Waals surface area (Å²) in [5, 5.41) is 3.51. The van der Waals surface area contributed by atoms with Gasteiger partial charge < -0.3 is 19.7 Å². The monoisotopic (exact) mass is 360 g/mol. The lowest BCUT2D eigenvalue weighted by atomic mass is 9.93. The molecule has 2 atom stereocenters. The molecule has 1 N–H and O–H groups in total. The lowest BCUT2D eigenvalue weighted by molar-refractivity contribution is 0.186. The maximum Gasteiger partial charge on any atom is 0.194 e. The van der Waals surface area contributed by atoms with Gasteiger partial charge in [0.25, 0.3) is 0 Å². The molecule has 6 heteroatoms. The first-order valence-corrected chi connectivity index (χ1v) is 10.4. The van der Waals surface area contributed by atoms with Crippen LogP contribution in [0.1, 0.15) is 46.1 Å². The number of likely N-dealkylation sites (tertiary alicyclic amines) is 2. The van der Waals surface area contributed by atoms with Crippen molar-refractivity contribution in [2.45, 2.75) is 46.1 Å². The zero-order chi connectivity index (χ0) is 18.4. The molecule has 1 aromatic heterocycles. The molecule has 0 radical (unpaired) electrons. The van der Waals surface area contributed by atoms with Gasteiger partial charge in [-0.05, 0) is 51.1 Å². The Morgan fingerprint density at radius 2 is 2.00 bits per heavy atom. The van der Waals surface area contributed by atoms with Crippen molar-refractivity contribution in [1.82, 2.24) is 24.7 Å². The van der Waals surface area contributed by atoms with Crippen LogP contribution in [0.2, 0.25) is 0 Å². The molecule has 6 nitrogen and oxygen atoms in total. The second kappa shape index (κ2) is 9.40. The predicted octanol–water partition coefficient (Wildman–Crippen LogP) is 2.46. The number of hydrogen-bond donors (Lipinski definition) is 1. The molecule has 1 aromatic rings. The van der Waals surface area contributed by atoms with Crippen molar-refractivity contribution < 1.29 is 0 Å². The third-order valence-electron chi connectivity index (χ3n) is 6.01. The Morgan fingerprint density at radius 1 is 1.19 bits per heavy atom. The normalized spacial score (nSPS) is 26.3. The summed E-state index contributed by atoms with van der Waals surface area (Å²) in [5.41, 5.74) is 0. The smallest absolute Gasteiger partial charge is 0.194 e. The highest BCUT2D eigenvalue weighted by molar-refractivity contribution is 5.80. The van der Waals surface area contributed by atoms with Gasteiger partial charge in [0.15, 0.2) is 5.96 Å². The molecule has 3 rings (SSSR count). The number of aromatic nitrogens is 2. The highest BCUT2D eigenvalue weighted by Gasteiger charge is 2.28. The molecule has 0 aliphatic carbocycles. The van der Waals surface area contributed by atoms with E-state index in [1.54, 1.807) is 0 Å². The Kier molecular flexibility index (Phi) is 6.94. The molecule has 0 bridgehead atoms. The van der Waals surface area contributed by atoms with Crippen LogP contribution in [-0.2, 0) is 0 Å². The number of imidazole rings is 1. The van der Waals surface area contributed by atoms with E-state index in [0.717, 1.165) is 44.6 Å². The van der Waals surface area contributed by atoms with Crippen molar-refractivity contribution in [1.29, 1.82) is 0 Å². The predicted molar refractivity (Wildman–Crippen MR) is 107 cm³/mol. The van der Waals surface area contributed by atoms with Crippen LogP contribution in [0.4, 0.5) is 0 Å². The van der Waals surface area contributed by atoms with E-state index in [2.05, 4.69) is 51.6 Å². The van der Waals surface area contributed by atoms with E-state index in [1.165, 1.54) is 32.4 Å². The summed E-state index contributed by atoms with van der Waals surface area (Å²) in [5.74, 6) is 2.64. The fourth-order valence-electron chi connectivity index (χ4n) is 4.10. The van der Waals surface area contributed by atoms with Gasteiger partial charge in [-0.2, -0.15) is 0 Å². The minimum atomic E-state index is 0.471. The first-order valence-electron chi connectivity index (χ1n) is 10.4. The molecule has 2 fully saturated rings. The number of rotatable bonds is 5. The second-order valence-electron chi connectivity index (χ2n) is 8.05. The fourth-order valence-corrected chi connectivity index (χ4v) is 4.10. The highest BCUT2D eigenvalue weighted by Crippen LogP contribution is 2.27. The molecule has 2 unspecified atom stereocenters. The van der Waals surface area contributed by atoms with Crippen molar-refractivity contribution in [2.24, 2.45) is 16.8 Å². The van der Waals surface area contributed by atoms with Crippen LogP contribution in [0.25, 0.3) is 0 Å². The van der Waals surface area contributed by atoms with E-state index < -0.39 is 0 Å². The molecule has 2 aliphatic heterocycles. The Labute approximate surface area is 158 Å². The molecule has 0 spiro atoms. The maximum atomic E-state index is 4.96. The molecule has 0 aromatic carbocycles. The molecule has 2 aliphatic rings. The molecule has 0 amide bonds. The third-order valence-corrected chi connectivity index (χ3v) is 6.01. The third kappa shape index (κ3) is 5.00. The number of piperidine rings is 2. The van der Waals surface area contributed by atoms with Crippen molar-refractivity contribution in [3.05, 3.63) is 18.7 Å². The number of nitrogens with zero attached hydrogens (tertiary/aromatic N) is 5. The second-order valence-corrected chi connectivity index (χ2v) is 8.05. The van der Waals surface area contributed by atoms with E-state index in [4.69, 9.17) is 4.99 Å². The minimum Gasteiger partial charge on any atom is -0.357 e. The van der Waals surface area contributed by atoms with E-state index in [1.807, 2.05) is 12.5 Å². The van der Waals surface area contributed by atoms with Gasteiger partial charge >= 0.3 is 0 Å². The summed E-state index contributed by atoms with van der Waals surface area (Å²) in [4.78, 5) is 14.2. The number of aliphatic imine (C=N–C) groups is 1. The molecular weight excluding hydrogens is 324 g/mol. The van der Waals surface area contributed by atoms with Crippen LogP contribution in [-0.4, -0.2) is 71.1 Å². The van der Waals surface area contributed by atoms with Gasteiger partial charge in [0.05, 0.1) is 18.9 Å². The molecule has 146 valence electrons. The van der Waals surface area contributed by atoms with Crippen molar-refractivity contribution in [3.8, 4) is 0 Å². The quantitative estimate of drug-likeness (QED) is 0.647. The van der Waals surface area contributed by atoms with Crippen LogP contribution in [0.15, 0.2) is 23.7 Å². The van der Waals surface area contributed by atoms with Crippen LogP contribution in [0, 0.1) is 11.8 Å². The Balaban J connectivity index is 1.57. The lowest BCUT2D eigenvalue weighted by Crippen LogP contribution is -2.49. The Hall–Kier alpha value is -1.56. The Morgan fingerprint density at radius 3 is 2.69 bits per heavy atom. The summed E-state index contributed by atoms with van der Waals surface area (Å²) in [7, 11) is 0. The maximum absolute atomic E-state index is 4.96. The van der Waals surface area contributed by atoms with E-state index in [0.29, 0.717) is 12.0 Å². The van der Waals surface area contributed by atoms with Crippen LogP contribution < -0.4 is 5.32 Å². The van der Waals surface area contributed by atoms with Gasteiger partial charge in [-0.25, -0.2) is 4.98 Å². The summed E-state index contributed by atoms with van der Waals surface area (Å²) in [6.45, 7) is 14.3. The summed E-state index contributed by atoms with van der Waals surface area (Å²) >= 11 is 0. The molecule has 3 heterocycles. The first-order chi connectivity index (χ1) is 12.7. The highest BCUT2D eigenvalue weighted by atomic mass is 15.3. The Bertz CT molecular complexity index is 547. The standard InChI is InChI=1S/C20H36N6/c1-4-22-20(23-9-13-24-10-5-17(2)6-11-24)25-12-7-18(3)19(15-25)26-14-8-21-16-26/h8,14,16-19H,4-7,9-13,15H2,1-3H3,(H,22,23). The fraction of sp³-hybridized carbons (Fsp3) is 0.800. The van der Waals surface area contributed by atoms with Gasteiger partial charge in [-0.3, -0.25) is 4.99 Å². The number of hydrogen-bond acceptors (Lipinski definition) is 3. The van der Waals surface area contributed by atoms with Crippen LogP contribution in [0.5, 0.6) is 0 Å². The first kappa shape index (κ1) is 19.2. The SMILES string of the molecule is CCNC(=NCCN1CCC(C)CC1)N1CCC(C)C(n2ccnc2)C1. The van der Waals surface area contributed by atoms with Crippen LogP contribution in [0.3, 0.4) is 0 Å². The summed E-state index contributed by atoms with van der Waals surface area (Å²) in [6.07, 6.45) is 9.78. The lowest BCUT2D eigenvalue weighted by Gasteiger charge is -2.39. The van der Waals surface area contributed by atoms with E-state index in [-0.39, 0.29) is 0 Å². The van der Waals surface area contributed by atoms with Crippen molar-refractivity contribution >= 4 is 5.96 Å². The topological polar surface area (TPSA) is 48.7 Å². The molecule has 26 heavy (non-hydrogen) atoms. The largest absolute Gasteiger partial charge is 0.357 e. The number of nitrogens with one attached hydrogen (secondary N) is 1. The minimum absolute atomic E-state index is 0.471. The van der Waals surface area contributed by atoms with Gasteiger partial charge in [0.2, 0.25) is 0 Å². The van der Waals surface area contributed by atoms with Crippen molar-refractivity contribution in [2.75, 3.05) is 45.8 Å². The zero-order valence-corrected chi connectivity index (χ0v) is 16.8. The van der Waals surface area contributed by atoms with E-state index >= 15 is 0 Å². The summed E-state index contributed by atoms with van der Waals surface area (Å²) in [6, 6.07) is 0.471. The van der Waals surface area contributed by atoms with E-state index in [9.17, 15) is 0 Å². The molecular formula is C20H36N6. The number of guanidine groups is 1.